The maximum atomic E-state index is 4.35. The third-order valence-electron chi connectivity index (χ3n) is 3.77. The molecule has 0 saturated heterocycles. The number of thiophene rings is 1. The Hall–Kier alpha value is -2.27. The Kier molecular flexibility index (Phi) is 3.90. The van der Waals surface area contributed by atoms with Crippen LogP contribution in [0.4, 0.5) is 5.82 Å². The van der Waals surface area contributed by atoms with Crippen molar-refractivity contribution in [3.8, 4) is 0 Å². The van der Waals surface area contributed by atoms with Crippen molar-refractivity contribution in [3.63, 3.8) is 0 Å². The number of fused-ring (bicyclic) bond motifs is 1. The highest BCUT2D eigenvalue weighted by Gasteiger charge is 2.11. The van der Waals surface area contributed by atoms with E-state index in [2.05, 4.69) is 66.4 Å². The Morgan fingerprint density at radius 2 is 1.95 bits per heavy atom. The third-order valence-corrected chi connectivity index (χ3v) is 4.89. The molecular weight excluding hydrogens is 292 g/mol. The Bertz CT molecular complexity index is 864. The lowest BCUT2D eigenvalue weighted by atomic mass is 10.1. The van der Waals surface area contributed by atoms with Gasteiger partial charge in [-0.15, -0.1) is 11.3 Å². The van der Waals surface area contributed by atoms with Crippen molar-refractivity contribution in [2.24, 2.45) is 5.10 Å². The zero-order valence-corrected chi connectivity index (χ0v) is 14.0. The van der Waals surface area contributed by atoms with Gasteiger partial charge in [-0.3, -0.25) is 5.43 Å². The number of aryl methyl sites for hydroxylation is 4. The van der Waals surface area contributed by atoms with Gasteiger partial charge in [-0.25, -0.2) is 9.97 Å². The standard InChI is InChI=1S/C17H18N4S/c1-10-5-6-11(2)14(7-10)8-20-21-16-15-12(3)13(4)22-17(15)19-9-18-16/h5-9H,1-4H3,(H,18,19,21)/b20-8-. The van der Waals surface area contributed by atoms with Crippen molar-refractivity contribution >= 4 is 33.6 Å². The van der Waals surface area contributed by atoms with E-state index in [4.69, 9.17) is 0 Å². The van der Waals surface area contributed by atoms with Crippen molar-refractivity contribution in [1.82, 2.24) is 9.97 Å². The van der Waals surface area contributed by atoms with E-state index < -0.39 is 0 Å². The van der Waals surface area contributed by atoms with Gasteiger partial charge in [0.25, 0.3) is 0 Å². The Balaban J connectivity index is 1.91. The number of anilines is 1. The van der Waals surface area contributed by atoms with Crippen LogP contribution in [0.25, 0.3) is 10.2 Å². The van der Waals surface area contributed by atoms with E-state index in [0.717, 1.165) is 21.6 Å². The molecular formula is C17H18N4S. The van der Waals surface area contributed by atoms with Gasteiger partial charge in [0.1, 0.15) is 11.2 Å². The van der Waals surface area contributed by atoms with E-state index in [1.54, 1.807) is 17.7 Å². The monoisotopic (exact) mass is 310 g/mol. The lowest BCUT2D eigenvalue weighted by Crippen LogP contribution is -1.96. The normalized spacial score (nSPS) is 11.5. The van der Waals surface area contributed by atoms with Crippen LogP contribution < -0.4 is 5.43 Å². The maximum absolute atomic E-state index is 4.35. The summed E-state index contributed by atoms with van der Waals surface area (Å²) < 4.78 is 0. The second-order valence-electron chi connectivity index (χ2n) is 5.42. The summed E-state index contributed by atoms with van der Waals surface area (Å²) in [4.78, 5) is 10.9. The van der Waals surface area contributed by atoms with Crippen LogP contribution in [0.2, 0.25) is 0 Å². The number of rotatable bonds is 3. The lowest BCUT2D eigenvalue weighted by Gasteiger charge is -2.03. The molecule has 112 valence electrons. The Labute approximate surface area is 133 Å². The number of aromatic nitrogens is 2. The van der Waals surface area contributed by atoms with E-state index in [0.29, 0.717) is 0 Å². The summed E-state index contributed by atoms with van der Waals surface area (Å²) in [5.41, 5.74) is 7.81. The average molecular weight is 310 g/mol. The quantitative estimate of drug-likeness (QED) is 0.577. The van der Waals surface area contributed by atoms with Crippen LogP contribution >= 0.6 is 11.3 Å². The molecule has 0 fully saturated rings. The minimum atomic E-state index is 0.758. The number of hydrogen-bond donors (Lipinski definition) is 1. The average Bonchev–Trinajstić information content (AvgIpc) is 2.79. The van der Waals surface area contributed by atoms with Gasteiger partial charge in [0.2, 0.25) is 0 Å². The zero-order chi connectivity index (χ0) is 15.7. The molecule has 4 nitrogen and oxygen atoms in total. The molecule has 2 aromatic heterocycles. The van der Waals surface area contributed by atoms with Crippen molar-refractivity contribution in [2.45, 2.75) is 27.7 Å². The van der Waals surface area contributed by atoms with E-state index in [1.165, 1.54) is 21.6 Å². The highest BCUT2D eigenvalue weighted by molar-refractivity contribution is 7.18. The van der Waals surface area contributed by atoms with E-state index in [1.807, 2.05) is 6.21 Å². The fourth-order valence-electron chi connectivity index (χ4n) is 2.33. The molecule has 3 aromatic rings. The molecule has 5 heteroatoms. The molecule has 0 radical (unpaired) electrons. The van der Waals surface area contributed by atoms with Crippen LogP contribution in [0.1, 0.15) is 27.1 Å². The number of nitrogens with one attached hydrogen (secondary N) is 1. The van der Waals surface area contributed by atoms with Gasteiger partial charge in [-0.1, -0.05) is 23.8 Å². The molecule has 1 N–H and O–H groups in total. The molecule has 0 unspecified atom stereocenters. The van der Waals surface area contributed by atoms with E-state index >= 15 is 0 Å². The van der Waals surface area contributed by atoms with Gasteiger partial charge in [-0.05, 0) is 44.4 Å². The Morgan fingerprint density at radius 1 is 1.14 bits per heavy atom. The first-order valence-electron chi connectivity index (χ1n) is 7.13. The lowest BCUT2D eigenvalue weighted by molar-refractivity contribution is 1.19. The van der Waals surface area contributed by atoms with E-state index in [9.17, 15) is 0 Å². The summed E-state index contributed by atoms with van der Waals surface area (Å²) in [6, 6.07) is 6.33. The van der Waals surface area contributed by atoms with Gasteiger partial charge in [0.05, 0.1) is 11.6 Å². The van der Waals surface area contributed by atoms with Crippen molar-refractivity contribution < 1.29 is 0 Å². The largest absolute Gasteiger partial charge is 0.261 e. The van der Waals surface area contributed by atoms with Crippen LogP contribution in [0.5, 0.6) is 0 Å². The highest BCUT2D eigenvalue weighted by atomic mass is 32.1. The molecule has 0 amide bonds. The van der Waals surface area contributed by atoms with Crippen LogP contribution in [-0.2, 0) is 0 Å². The predicted molar refractivity (Wildman–Crippen MR) is 94.0 cm³/mol. The second-order valence-corrected chi connectivity index (χ2v) is 6.62. The SMILES string of the molecule is Cc1ccc(C)c(/C=N\Nc2ncnc3sc(C)c(C)c23)c1. The number of benzene rings is 1. The van der Waals surface area contributed by atoms with Crippen LogP contribution in [0, 0.1) is 27.7 Å². The molecule has 0 atom stereocenters. The number of hydrazone groups is 1. The van der Waals surface area contributed by atoms with Gasteiger partial charge in [0.15, 0.2) is 5.82 Å². The number of hydrogen-bond acceptors (Lipinski definition) is 5. The highest BCUT2D eigenvalue weighted by Crippen LogP contribution is 2.32. The van der Waals surface area contributed by atoms with Gasteiger partial charge in [-0.2, -0.15) is 5.10 Å². The van der Waals surface area contributed by atoms with Crippen LogP contribution in [0.15, 0.2) is 29.6 Å². The molecule has 0 aliphatic rings. The molecule has 0 spiro atoms. The topological polar surface area (TPSA) is 50.2 Å². The van der Waals surface area contributed by atoms with Crippen molar-refractivity contribution in [2.75, 3.05) is 5.43 Å². The first kappa shape index (κ1) is 14.7. The summed E-state index contributed by atoms with van der Waals surface area (Å²) in [6.07, 6.45) is 3.41. The Morgan fingerprint density at radius 3 is 2.77 bits per heavy atom. The first-order chi connectivity index (χ1) is 10.6. The van der Waals surface area contributed by atoms with Crippen LogP contribution in [0.3, 0.4) is 0 Å². The molecule has 2 heterocycles. The fourth-order valence-corrected chi connectivity index (χ4v) is 3.33. The smallest absolute Gasteiger partial charge is 0.158 e. The minimum Gasteiger partial charge on any atom is -0.261 e. The maximum Gasteiger partial charge on any atom is 0.158 e. The minimum absolute atomic E-state index is 0.758. The molecule has 0 bridgehead atoms. The van der Waals surface area contributed by atoms with Gasteiger partial charge < -0.3 is 0 Å². The van der Waals surface area contributed by atoms with Crippen molar-refractivity contribution in [3.05, 3.63) is 51.7 Å². The van der Waals surface area contributed by atoms with Crippen LogP contribution in [-0.4, -0.2) is 16.2 Å². The first-order valence-corrected chi connectivity index (χ1v) is 7.95. The summed E-state index contributed by atoms with van der Waals surface area (Å²) in [7, 11) is 0. The summed E-state index contributed by atoms with van der Waals surface area (Å²) in [6.45, 7) is 8.35. The summed E-state index contributed by atoms with van der Waals surface area (Å²) in [5, 5.41) is 5.41. The molecule has 1 aromatic carbocycles. The molecule has 0 saturated carbocycles. The van der Waals surface area contributed by atoms with Gasteiger partial charge in [0, 0.05) is 4.88 Å². The molecule has 0 aliphatic heterocycles. The van der Waals surface area contributed by atoms with Crippen molar-refractivity contribution in [1.29, 1.82) is 0 Å². The molecule has 3 rings (SSSR count). The summed E-state index contributed by atoms with van der Waals surface area (Å²) >= 11 is 1.68. The number of nitrogens with zero attached hydrogens (tertiary/aromatic N) is 3. The predicted octanol–water partition coefficient (Wildman–Crippen LogP) is 4.37. The summed E-state index contributed by atoms with van der Waals surface area (Å²) in [5.74, 6) is 0.758. The van der Waals surface area contributed by atoms with Gasteiger partial charge >= 0.3 is 0 Å². The van der Waals surface area contributed by atoms with E-state index in [-0.39, 0.29) is 0 Å². The fraction of sp³-hybridized carbons (Fsp3) is 0.235. The molecule has 0 aliphatic carbocycles. The molecule has 22 heavy (non-hydrogen) atoms. The second kappa shape index (κ2) is 5.85. The third kappa shape index (κ3) is 2.72. The zero-order valence-electron chi connectivity index (χ0n) is 13.1.